The fourth-order valence-corrected chi connectivity index (χ4v) is 4.43. The quantitative estimate of drug-likeness (QED) is 0.180. The first kappa shape index (κ1) is 23.9. The third-order valence-electron chi connectivity index (χ3n) is 5.94. The summed E-state index contributed by atoms with van der Waals surface area (Å²) in [7, 11) is 1.34. The Morgan fingerprint density at radius 2 is 1.41 bits per heavy atom. The van der Waals surface area contributed by atoms with Crippen LogP contribution in [0.2, 0.25) is 0 Å². The summed E-state index contributed by atoms with van der Waals surface area (Å²) in [5.74, 6) is -1.56. The lowest BCUT2D eigenvalue weighted by Gasteiger charge is -2.17. The molecule has 0 atom stereocenters. The lowest BCUT2D eigenvalue weighted by molar-refractivity contribution is -0.123. The van der Waals surface area contributed by atoms with Crippen molar-refractivity contribution in [2.75, 3.05) is 7.11 Å². The number of hydrogen-bond donors (Lipinski definition) is 2. The Morgan fingerprint density at radius 3 is 1.97 bits per heavy atom. The number of methoxy groups -OCH3 is 1. The second-order valence-electron chi connectivity index (χ2n) is 8.23. The van der Waals surface area contributed by atoms with Crippen LogP contribution >= 0.6 is 12.2 Å². The van der Waals surface area contributed by atoms with Crippen molar-refractivity contribution in [3.8, 4) is 28.2 Å². The molecular weight excluding hydrogens is 486 g/mol. The second-order valence-corrected chi connectivity index (χ2v) is 8.64. The van der Waals surface area contributed by atoms with Crippen LogP contribution < -0.4 is 10.6 Å². The molecule has 1 aliphatic rings. The number of nitrogens with zero attached hydrogens (tertiary/aromatic N) is 1. The van der Waals surface area contributed by atoms with Crippen LogP contribution in [-0.4, -0.2) is 34.6 Å². The molecule has 0 saturated carbocycles. The minimum Gasteiger partial charge on any atom is -0.465 e. The average molecular weight is 508 g/mol. The zero-order chi connectivity index (χ0) is 25.9. The van der Waals surface area contributed by atoms with Crippen LogP contribution in [0.4, 0.5) is 0 Å². The van der Waals surface area contributed by atoms with Crippen LogP contribution in [0.5, 0.6) is 0 Å². The first-order chi connectivity index (χ1) is 18.0. The third kappa shape index (κ3) is 4.70. The molecule has 7 nitrogen and oxygen atoms in total. The Bertz CT molecular complexity index is 1530. The number of ether oxygens (including phenoxy) is 1. The maximum Gasteiger partial charge on any atom is 0.337 e. The molecule has 2 heterocycles. The van der Waals surface area contributed by atoms with Crippen molar-refractivity contribution >= 4 is 41.2 Å². The number of amides is 2. The van der Waals surface area contributed by atoms with E-state index in [4.69, 9.17) is 17.0 Å². The number of carbonyl (C=O) groups excluding carboxylic acids is 3. The van der Waals surface area contributed by atoms with E-state index in [0.29, 0.717) is 11.1 Å². The van der Waals surface area contributed by atoms with Gasteiger partial charge < -0.3 is 9.30 Å². The van der Waals surface area contributed by atoms with E-state index in [0.717, 1.165) is 28.2 Å². The number of hydrogen-bond acceptors (Lipinski definition) is 5. The number of esters is 1. The van der Waals surface area contributed by atoms with Gasteiger partial charge in [0, 0.05) is 11.3 Å². The summed E-state index contributed by atoms with van der Waals surface area (Å²) >= 11 is 4.94. The number of benzene rings is 3. The summed E-state index contributed by atoms with van der Waals surface area (Å²) in [6, 6.07) is 28.5. The fraction of sp³-hybridized carbons (Fsp3) is 0.0345. The van der Waals surface area contributed by atoms with E-state index in [1.165, 1.54) is 7.11 Å². The molecule has 0 radical (unpaired) electrons. The summed E-state index contributed by atoms with van der Waals surface area (Å²) in [4.78, 5) is 37.3. The van der Waals surface area contributed by atoms with Crippen LogP contribution in [0, 0.1) is 0 Å². The van der Waals surface area contributed by atoms with Gasteiger partial charge in [-0.3, -0.25) is 20.2 Å². The molecule has 4 aromatic rings. The molecule has 1 aromatic heterocycles. The third-order valence-corrected chi connectivity index (χ3v) is 6.14. The van der Waals surface area contributed by atoms with Crippen LogP contribution in [0.25, 0.3) is 34.3 Å². The van der Waals surface area contributed by atoms with Crippen LogP contribution in [0.15, 0.2) is 96.6 Å². The predicted molar refractivity (Wildman–Crippen MR) is 145 cm³/mol. The first-order valence-electron chi connectivity index (χ1n) is 11.4. The number of rotatable bonds is 5. The highest BCUT2D eigenvalue weighted by Crippen LogP contribution is 2.37. The largest absolute Gasteiger partial charge is 0.465 e. The van der Waals surface area contributed by atoms with Gasteiger partial charge in [0.25, 0.3) is 11.8 Å². The average Bonchev–Trinajstić information content (AvgIpc) is 3.30. The maximum atomic E-state index is 12.7. The van der Waals surface area contributed by atoms with Gasteiger partial charge in [-0.25, -0.2) is 4.79 Å². The summed E-state index contributed by atoms with van der Waals surface area (Å²) < 4.78 is 6.89. The van der Waals surface area contributed by atoms with Gasteiger partial charge in [-0.1, -0.05) is 60.7 Å². The Morgan fingerprint density at radius 1 is 0.838 bits per heavy atom. The molecule has 182 valence electrons. The molecule has 0 bridgehead atoms. The van der Waals surface area contributed by atoms with Gasteiger partial charge in [0.2, 0.25) is 0 Å². The van der Waals surface area contributed by atoms with Gasteiger partial charge in [0.05, 0.1) is 24.1 Å². The van der Waals surface area contributed by atoms with Gasteiger partial charge in [-0.15, -0.1) is 0 Å². The molecule has 1 aliphatic heterocycles. The topological polar surface area (TPSA) is 89.4 Å². The zero-order valence-electron chi connectivity index (χ0n) is 19.7. The highest BCUT2D eigenvalue weighted by Gasteiger charge is 2.27. The summed E-state index contributed by atoms with van der Waals surface area (Å²) in [5.41, 5.74) is 5.24. The highest BCUT2D eigenvalue weighted by atomic mass is 32.1. The summed E-state index contributed by atoms with van der Waals surface area (Å²) in [5, 5.41) is 4.95. The number of nitrogens with one attached hydrogen (secondary N) is 2. The zero-order valence-corrected chi connectivity index (χ0v) is 20.5. The number of aromatic nitrogens is 1. The second kappa shape index (κ2) is 10.0. The van der Waals surface area contributed by atoms with Crippen molar-refractivity contribution < 1.29 is 19.1 Å². The first-order valence-corrected chi connectivity index (χ1v) is 11.8. The molecule has 2 amide bonds. The van der Waals surface area contributed by atoms with Crippen molar-refractivity contribution in [3.63, 3.8) is 0 Å². The molecule has 5 rings (SSSR count). The van der Waals surface area contributed by atoms with Gasteiger partial charge in [0.1, 0.15) is 5.57 Å². The Labute approximate surface area is 218 Å². The highest BCUT2D eigenvalue weighted by molar-refractivity contribution is 7.80. The van der Waals surface area contributed by atoms with Crippen molar-refractivity contribution in [1.29, 1.82) is 0 Å². The Hall–Kier alpha value is -4.82. The van der Waals surface area contributed by atoms with Crippen LogP contribution in [-0.2, 0) is 14.3 Å². The molecule has 0 spiro atoms. The van der Waals surface area contributed by atoms with E-state index in [2.05, 4.69) is 10.6 Å². The van der Waals surface area contributed by atoms with E-state index < -0.39 is 17.8 Å². The fourth-order valence-electron chi connectivity index (χ4n) is 4.25. The number of carbonyl (C=O) groups is 3. The SMILES string of the molecule is COC(=O)c1ccc(-n2c(-c3ccccc3)cc(C=C3C(=O)NC(=S)NC3=O)c2-c2ccccc2)cc1. The molecular formula is C29H21N3O4S. The lowest BCUT2D eigenvalue weighted by Crippen LogP contribution is -2.51. The standard InChI is InChI=1S/C29H21N3O4S/c1-36-28(35)20-12-14-22(15-13-20)32-24(18-8-4-2-5-9-18)17-21(25(32)19-10-6-3-7-11-19)16-23-26(33)30-29(37)31-27(23)34/h2-17H,1H3,(H2,30,31,33,34,37). The van der Waals surface area contributed by atoms with E-state index in [9.17, 15) is 14.4 Å². The minimum atomic E-state index is -0.566. The maximum absolute atomic E-state index is 12.7. The molecule has 3 aromatic carbocycles. The van der Waals surface area contributed by atoms with E-state index >= 15 is 0 Å². The molecule has 1 fully saturated rings. The molecule has 1 saturated heterocycles. The molecule has 0 aliphatic carbocycles. The number of thiocarbonyl (C=S) groups is 1. The van der Waals surface area contributed by atoms with Crippen molar-refractivity contribution in [2.45, 2.75) is 0 Å². The van der Waals surface area contributed by atoms with E-state index in [-0.39, 0.29) is 10.7 Å². The van der Waals surface area contributed by atoms with Crippen molar-refractivity contribution in [3.05, 3.63) is 108 Å². The van der Waals surface area contributed by atoms with Crippen molar-refractivity contribution in [1.82, 2.24) is 15.2 Å². The molecule has 37 heavy (non-hydrogen) atoms. The van der Waals surface area contributed by atoms with Crippen LogP contribution in [0.3, 0.4) is 0 Å². The van der Waals surface area contributed by atoms with Gasteiger partial charge in [0.15, 0.2) is 5.11 Å². The van der Waals surface area contributed by atoms with Gasteiger partial charge in [-0.2, -0.15) is 0 Å². The molecule has 8 heteroatoms. The molecule has 2 N–H and O–H groups in total. The smallest absolute Gasteiger partial charge is 0.337 e. The Balaban J connectivity index is 1.79. The normalized spacial score (nSPS) is 13.1. The summed E-state index contributed by atoms with van der Waals surface area (Å²) in [6.07, 6.45) is 1.57. The van der Waals surface area contributed by atoms with Gasteiger partial charge in [-0.05, 0) is 59.8 Å². The van der Waals surface area contributed by atoms with Crippen LogP contribution in [0.1, 0.15) is 15.9 Å². The lowest BCUT2D eigenvalue weighted by atomic mass is 10.0. The predicted octanol–water partition coefficient (Wildman–Crippen LogP) is 4.51. The summed E-state index contributed by atoms with van der Waals surface area (Å²) in [6.45, 7) is 0. The monoisotopic (exact) mass is 507 g/mol. The van der Waals surface area contributed by atoms with E-state index in [1.54, 1.807) is 18.2 Å². The van der Waals surface area contributed by atoms with E-state index in [1.807, 2.05) is 83.4 Å². The molecule has 0 unspecified atom stereocenters. The Kier molecular flexibility index (Phi) is 6.49. The van der Waals surface area contributed by atoms with Gasteiger partial charge >= 0.3 is 5.97 Å². The minimum absolute atomic E-state index is 0.0244. The van der Waals surface area contributed by atoms with Crippen molar-refractivity contribution in [2.24, 2.45) is 0 Å².